The summed E-state index contributed by atoms with van der Waals surface area (Å²) in [7, 11) is 0. The number of nitrogens with two attached hydrogens (primary N) is 1. The smallest absolute Gasteiger partial charge is 0.320 e. The van der Waals surface area contributed by atoms with Crippen LogP contribution in [0.4, 0.5) is 0 Å². The number of aliphatic carboxylic acids is 3. The van der Waals surface area contributed by atoms with Crippen LogP contribution in [0, 0.1) is 17.8 Å². The minimum Gasteiger partial charge on any atom is -0.481 e. The first kappa shape index (κ1) is 72.7. The molecule has 0 heterocycles. The van der Waals surface area contributed by atoms with E-state index in [4.69, 9.17) is 54.8 Å². The molecule has 0 radical (unpaired) electrons. The molecule has 2 atom stereocenters. The second-order valence-electron chi connectivity index (χ2n) is 17.0. The fourth-order valence-corrected chi connectivity index (χ4v) is 6.55. The molecule has 0 rings (SSSR count). The number of hydrogen-bond acceptors (Lipinski definition) is 5. The van der Waals surface area contributed by atoms with Gasteiger partial charge >= 0.3 is 17.9 Å². The normalized spacial score (nSPS) is 11.6. The highest BCUT2D eigenvalue weighted by Gasteiger charge is 2.11. The molecule has 15 heteroatoms. The molecule has 60 heavy (non-hydrogen) atoms. The van der Waals surface area contributed by atoms with E-state index in [1.807, 2.05) is 0 Å². The second kappa shape index (κ2) is 60.1. The van der Waals surface area contributed by atoms with E-state index in [1.54, 1.807) is 0 Å². The molecule has 0 aromatic carbocycles. The van der Waals surface area contributed by atoms with Crippen LogP contribution in [0.5, 0.6) is 0 Å². The van der Waals surface area contributed by atoms with Crippen LogP contribution >= 0.6 is 83.9 Å². The Kier molecular flexibility index (Phi) is 72.7. The third-order valence-electron chi connectivity index (χ3n) is 9.79. The topological polar surface area (TPSA) is 173 Å². The lowest BCUT2D eigenvalue weighted by atomic mass is 10.0. The standard InChI is InChI=1S/C15H29BrO2.C15H31NO2.C15H30O2.Br2.Cl3P.H3N/c2*1-13(2)11-9-7-5-3-4-6-8-10-12-14(16)15(17)18;1-14(2)12-10-8-6-4-3-5-7-9-11-13-15(16)17;1-2;1-4(2)3;/h13-14H,3-12H2,1-2H3,(H,17,18);13-14H,3-12,16H2,1-2H3,(H,17,18);14H,3-13H2,1-2H3,(H,16,17);;;1H3. The predicted molar refractivity (Wildman–Crippen MR) is 279 cm³/mol. The van der Waals surface area contributed by atoms with Gasteiger partial charge in [0.1, 0.15) is 10.9 Å². The van der Waals surface area contributed by atoms with E-state index in [-0.39, 0.29) is 11.0 Å². The zero-order chi connectivity index (χ0) is 46.1. The highest BCUT2D eigenvalue weighted by Crippen LogP contribution is 2.51. The average Bonchev–Trinajstić information content (AvgIpc) is 3.15. The summed E-state index contributed by atoms with van der Waals surface area (Å²) in [4.78, 5) is 31.0. The molecule has 0 aliphatic rings. The van der Waals surface area contributed by atoms with Crippen molar-refractivity contribution in [1.29, 1.82) is 0 Å². The zero-order valence-electron chi connectivity index (χ0n) is 38.9. The summed E-state index contributed by atoms with van der Waals surface area (Å²) < 4.78 is 0. The van der Waals surface area contributed by atoms with Crippen molar-refractivity contribution in [3.05, 3.63) is 0 Å². The van der Waals surface area contributed by atoms with Gasteiger partial charge in [-0.25, -0.2) is 0 Å². The van der Waals surface area contributed by atoms with Gasteiger partial charge in [-0.2, -0.15) is 0 Å². The molecule has 0 bridgehead atoms. The third kappa shape index (κ3) is 82.7. The lowest BCUT2D eigenvalue weighted by Gasteiger charge is -2.06. The van der Waals surface area contributed by atoms with Crippen LogP contribution < -0.4 is 11.9 Å². The van der Waals surface area contributed by atoms with Gasteiger partial charge in [-0.1, -0.05) is 265 Å². The van der Waals surface area contributed by atoms with E-state index in [2.05, 4.69) is 85.7 Å². The van der Waals surface area contributed by atoms with Crippen LogP contribution in [0.1, 0.15) is 241 Å². The number of carboxylic acids is 3. The number of carbonyl (C=O) groups is 3. The molecule has 366 valence electrons. The van der Waals surface area contributed by atoms with E-state index in [9.17, 15) is 14.4 Å². The molecule has 0 spiro atoms. The molecule has 0 amide bonds. The van der Waals surface area contributed by atoms with E-state index >= 15 is 0 Å². The van der Waals surface area contributed by atoms with Crippen LogP contribution in [0.3, 0.4) is 0 Å². The number of unbranched alkanes of at least 4 members (excludes halogenated alkanes) is 22. The SMILES string of the molecule is BrBr.CC(C)CCCCCCCCCCC(Br)C(=O)O.CC(C)CCCCCCCCCCC(N)C(=O)O.CC(C)CCCCCCCCCCCC(=O)O.ClP(Cl)Cl.N. The van der Waals surface area contributed by atoms with Crippen LogP contribution in [-0.2, 0) is 14.4 Å². The quantitative estimate of drug-likeness (QED) is 0.0234. The van der Waals surface area contributed by atoms with Gasteiger partial charge in [-0.15, -0.1) is 0 Å². The summed E-state index contributed by atoms with van der Waals surface area (Å²) in [5.74, 6) is -0.940. The maximum atomic E-state index is 10.6. The van der Waals surface area contributed by atoms with Crippen molar-refractivity contribution < 1.29 is 29.7 Å². The first-order valence-corrected chi connectivity index (χ1v) is 31.6. The zero-order valence-corrected chi connectivity index (χ0v) is 46.8. The van der Waals surface area contributed by atoms with Crippen molar-refractivity contribution in [3.63, 3.8) is 0 Å². The van der Waals surface area contributed by atoms with Crippen molar-refractivity contribution in [3.8, 4) is 0 Å². The van der Waals surface area contributed by atoms with Gasteiger partial charge in [0, 0.05) is 34.7 Å². The van der Waals surface area contributed by atoms with Crippen molar-refractivity contribution in [2.24, 2.45) is 23.5 Å². The molecular formula is C45H93Br3Cl3N2O6P. The Morgan fingerprint density at radius 1 is 0.450 bits per heavy atom. The summed E-state index contributed by atoms with van der Waals surface area (Å²) in [5.41, 5.74) is 5.44. The molecular weight excluding hydrogens is 1040 g/mol. The monoisotopic (exact) mass is 1130 g/mol. The first-order chi connectivity index (χ1) is 27.9. The molecule has 0 aromatic rings. The average molecular weight is 1140 g/mol. The Labute approximate surface area is 409 Å². The van der Waals surface area contributed by atoms with E-state index in [1.165, 1.54) is 148 Å². The Morgan fingerprint density at radius 2 is 0.667 bits per heavy atom. The minimum absolute atomic E-state index is 0. The number of carboxylic acid groups (broad SMARTS) is 3. The van der Waals surface area contributed by atoms with Crippen molar-refractivity contribution in [2.45, 2.75) is 251 Å². The number of rotatable bonds is 36. The molecule has 8 nitrogen and oxygen atoms in total. The maximum Gasteiger partial charge on any atom is 0.320 e. The summed E-state index contributed by atoms with van der Waals surface area (Å²) >= 11 is 23.3. The van der Waals surface area contributed by atoms with E-state index < -0.39 is 29.9 Å². The summed E-state index contributed by atoms with van der Waals surface area (Å²) in [6.07, 6.45) is 37.2. The third-order valence-corrected chi connectivity index (χ3v) is 10.6. The Morgan fingerprint density at radius 3 is 0.883 bits per heavy atom. The van der Waals surface area contributed by atoms with Gasteiger partial charge in [0.25, 0.3) is 0 Å². The maximum absolute atomic E-state index is 10.6. The molecule has 0 aromatic heterocycles. The predicted octanol–water partition coefficient (Wildman–Crippen LogP) is 19.1. The highest BCUT2D eigenvalue weighted by atomic mass is 80.9. The fourth-order valence-electron chi connectivity index (χ4n) is 6.23. The van der Waals surface area contributed by atoms with Gasteiger partial charge in [0.2, 0.25) is 0 Å². The molecule has 0 saturated heterocycles. The number of halogens is 6. The second-order valence-corrected chi connectivity index (χ2v) is 23.1. The van der Waals surface area contributed by atoms with Crippen LogP contribution in [-0.4, -0.2) is 44.1 Å². The van der Waals surface area contributed by atoms with Crippen LogP contribution in [0.15, 0.2) is 0 Å². The summed E-state index contributed by atoms with van der Waals surface area (Å²) in [6.45, 7) is 13.7. The van der Waals surface area contributed by atoms with Gasteiger partial charge in [-0.05, 0) is 37.0 Å². The van der Waals surface area contributed by atoms with Gasteiger partial charge in [0.05, 0.1) is 0 Å². The summed E-state index contributed by atoms with van der Waals surface area (Å²) in [6, 6.07) is -0.666. The van der Waals surface area contributed by atoms with E-state index in [0.717, 1.165) is 56.3 Å². The number of hydrogen-bond donors (Lipinski definition) is 5. The Hall–Kier alpha value is 1.07. The van der Waals surface area contributed by atoms with Crippen molar-refractivity contribution >= 4 is 102 Å². The molecule has 8 N–H and O–H groups in total. The van der Waals surface area contributed by atoms with Gasteiger partial charge < -0.3 is 27.2 Å². The molecule has 0 aliphatic heterocycles. The lowest BCUT2D eigenvalue weighted by Crippen LogP contribution is -2.29. The minimum atomic E-state index is -1.20. The molecule has 2 unspecified atom stereocenters. The van der Waals surface area contributed by atoms with Crippen LogP contribution in [0.25, 0.3) is 0 Å². The molecule has 0 aliphatic carbocycles. The van der Waals surface area contributed by atoms with Crippen LogP contribution in [0.2, 0.25) is 0 Å². The Balaban J connectivity index is -0.000000169. The van der Waals surface area contributed by atoms with Crippen molar-refractivity contribution in [1.82, 2.24) is 6.15 Å². The molecule has 0 fully saturated rings. The first-order valence-electron chi connectivity index (χ1n) is 22.9. The Bertz CT molecular complexity index is 826. The van der Waals surface area contributed by atoms with Crippen molar-refractivity contribution in [2.75, 3.05) is 0 Å². The number of alkyl halides is 1. The summed E-state index contributed by atoms with van der Waals surface area (Å²) in [5, 5.41) is 25.8. The fraction of sp³-hybridized carbons (Fsp3) is 0.933. The lowest BCUT2D eigenvalue weighted by molar-refractivity contribution is -0.139. The molecule has 0 saturated carbocycles. The largest absolute Gasteiger partial charge is 0.481 e. The highest BCUT2D eigenvalue weighted by molar-refractivity contribution is 9.93. The van der Waals surface area contributed by atoms with Gasteiger partial charge in [0.15, 0.2) is 5.98 Å². The van der Waals surface area contributed by atoms with E-state index in [0.29, 0.717) is 12.8 Å². The van der Waals surface area contributed by atoms with Gasteiger partial charge in [-0.3, -0.25) is 14.4 Å².